The molecule has 1 aromatic heterocycles. The van der Waals surface area contributed by atoms with Crippen molar-refractivity contribution in [2.75, 3.05) is 24.6 Å². The highest BCUT2D eigenvalue weighted by atomic mass is 32.2. The number of rotatable bonds is 2. The first-order chi connectivity index (χ1) is 8.14. The minimum absolute atomic E-state index is 0.101. The highest BCUT2D eigenvalue weighted by Gasteiger charge is 2.33. The Morgan fingerprint density at radius 3 is 2.53 bits per heavy atom. The predicted molar refractivity (Wildman–Crippen MR) is 60.5 cm³/mol. The lowest BCUT2D eigenvalue weighted by atomic mass is 10.1. The second-order valence-corrected chi connectivity index (χ2v) is 7.00. The van der Waals surface area contributed by atoms with Gasteiger partial charge in [-0.3, -0.25) is 0 Å². The summed E-state index contributed by atoms with van der Waals surface area (Å²) in [5.41, 5.74) is 0. The zero-order valence-corrected chi connectivity index (χ0v) is 10.2. The van der Waals surface area contributed by atoms with E-state index >= 15 is 0 Å². The van der Waals surface area contributed by atoms with Crippen molar-refractivity contribution in [3.8, 4) is 0 Å². The van der Waals surface area contributed by atoms with Gasteiger partial charge < -0.3 is 9.73 Å². The van der Waals surface area contributed by atoms with Gasteiger partial charge in [0.25, 0.3) is 0 Å². The van der Waals surface area contributed by atoms with Crippen LogP contribution in [-0.4, -0.2) is 43.2 Å². The van der Waals surface area contributed by atoms with Crippen LogP contribution < -0.4 is 5.32 Å². The number of hydrogen-bond donors (Lipinski definition) is 1. The first-order valence-corrected chi connectivity index (χ1v) is 7.70. The van der Waals surface area contributed by atoms with E-state index in [1.54, 1.807) is 0 Å². The average Bonchev–Trinajstić information content (AvgIpc) is 2.93. The number of hydrogen-bond acceptors (Lipinski definition) is 6. The lowest BCUT2D eigenvalue weighted by molar-refractivity contribution is 0.404. The molecule has 1 aromatic rings. The van der Waals surface area contributed by atoms with Gasteiger partial charge in [-0.2, -0.15) is 0 Å². The van der Waals surface area contributed by atoms with Gasteiger partial charge in [0, 0.05) is 6.54 Å². The summed E-state index contributed by atoms with van der Waals surface area (Å²) in [6.07, 6.45) is 1.61. The van der Waals surface area contributed by atoms with E-state index in [2.05, 4.69) is 15.5 Å². The Balaban J connectivity index is 1.76. The molecule has 17 heavy (non-hydrogen) atoms. The van der Waals surface area contributed by atoms with Crippen molar-refractivity contribution >= 4 is 9.84 Å². The molecule has 2 fully saturated rings. The lowest BCUT2D eigenvalue weighted by Crippen LogP contribution is -2.08. The molecule has 3 heterocycles. The standard InChI is InChI=1S/C10H15N3O3S/c14-17(15)4-2-8(6-17)10-13-12-9(16-10)7-1-3-11-5-7/h7-8,11H,1-6H2. The Bertz CT molecular complexity index is 505. The van der Waals surface area contributed by atoms with Gasteiger partial charge in [0.1, 0.15) is 0 Å². The van der Waals surface area contributed by atoms with Crippen molar-refractivity contribution < 1.29 is 12.8 Å². The molecule has 2 unspecified atom stereocenters. The summed E-state index contributed by atoms with van der Waals surface area (Å²) < 4.78 is 28.4. The Labute approximate surface area is 99.7 Å². The second-order valence-electron chi connectivity index (χ2n) is 4.77. The largest absolute Gasteiger partial charge is 0.425 e. The molecule has 1 N–H and O–H groups in total. The van der Waals surface area contributed by atoms with Crippen molar-refractivity contribution in [2.45, 2.75) is 24.7 Å². The molecule has 2 aliphatic rings. The van der Waals surface area contributed by atoms with E-state index < -0.39 is 9.84 Å². The minimum atomic E-state index is -2.89. The van der Waals surface area contributed by atoms with Gasteiger partial charge in [0.15, 0.2) is 9.84 Å². The summed E-state index contributed by atoms with van der Waals surface area (Å²) in [5.74, 6) is 1.71. The molecule has 0 amide bonds. The van der Waals surface area contributed by atoms with Crippen molar-refractivity contribution in [1.29, 1.82) is 0 Å². The Hall–Kier alpha value is -0.950. The zero-order chi connectivity index (χ0) is 11.9. The Kier molecular flexibility index (Phi) is 2.67. The van der Waals surface area contributed by atoms with Crippen LogP contribution in [0.25, 0.3) is 0 Å². The van der Waals surface area contributed by atoms with Crippen LogP contribution in [0.1, 0.15) is 36.5 Å². The van der Waals surface area contributed by atoms with Gasteiger partial charge in [0.2, 0.25) is 11.8 Å². The fraction of sp³-hybridized carbons (Fsp3) is 0.800. The molecule has 0 bridgehead atoms. The molecule has 0 aliphatic carbocycles. The van der Waals surface area contributed by atoms with Crippen LogP contribution in [-0.2, 0) is 9.84 Å². The van der Waals surface area contributed by atoms with Crippen LogP contribution in [0.4, 0.5) is 0 Å². The first kappa shape index (κ1) is 11.2. The monoisotopic (exact) mass is 257 g/mol. The summed E-state index contributed by atoms with van der Waals surface area (Å²) in [4.78, 5) is 0. The predicted octanol–water partition coefficient (Wildman–Crippen LogP) is 0.0486. The summed E-state index contributed by atoms with van der Waals surface area (Å²) in [5, 5.41) is 11.3. The third-order valence-corrected chi connectivity index (χ3v) is 5.22. The van der Waals surface area contributed by atoms with Crippen LogP contribution in [0.2, 0.25) is 0 Å². The molecular formula is C10H15N3O3S. The summed E-state index contributed by atoms with van der Waals surface area (Å²) in [6.45, 7) is 1.84. The van der Waals surface area contributed by atoms with Crippen molar-refractivity contribution in [1.82, 2.24) is 15.5 Å². The molecule has 0 saturated carbocycles. The van der Waals surface area contributed by atoms with Crippen LogP contribution in [0.15, 0.2) is 4.42 Å². The SMILES string of the molecule is O=S1(=O)CCC(c2nnc(C3CCNC3)o2)C1. The number of nitrogens with one attached hydrogen (secondary N) is 1. The van der Waals surface area contributed by atoms with Crippen molar-refractivity contribution in [3.05, 3.63) is 11.8 Å². The van der Waals surface area contributed by atoms with Gasteiger partial charge in [0.05, 0.1) is 23.3 Å². The van der Waals surface area contributed by atoms with Gasteiger partial charge in [-0.15, -0.1) is 10.2 Å². The molecule has 2 saturated heterocycles. The molecule has 0 spiro atoms. The van der Waals surface area contributed by atoms with E-state index in [0.29, 0.717) is 18.2 Å². The maximum absolute atomic E-state index is 11.4. The maximum atomic E-state index is 11.4. The Morgan fingerprint density at radius 2 is 1.94 bits per heavy atom. The fourth-order valence-corrected chi connectivity index (χ4v) is 4.16. The molecule has 0 radical (unpaired) electrons. The van der Waals surface area contributed by atoms with Gasteiger partial charge in [-0.25, -0.2) is 8.42 Å². The molecular weight excluding hydrogens is 242 g/mol. The van der Waals surface area contributed by atoms with Crippen LogP contribution >= 0.6 is 0 Å². The topological polar surface area (TPSA) is 85.1 Å². The van der Waals surface area contributed by atoms with E-state index in [1.165, 1.54) is 0 Å². The van der Waals surface area contributed by atoms with E-state index in [9.17, 15) is 8.42 Å². The third-order valence-electron chi connectivity index (χ3n) is 3.45. The smallest absolute Gasteiger partial charge is 0.220 e. The quantitative estimate of drug-likeness (QED) is 0.805. The normalized spacial score (nSPS) is 32.0. The molecule has 94 valence electrons. The number of nitrogens with zero attached hydrogens (tertiary/aromatic N) is 2. The Morgan fingerprint density at radius 1 is 1.18 bits per heavy atom. The molecule has 6 nitrogen and oxygen atoms in total. The van der Waals surface area contributed by atoms with E-state index in [1.807, 2.05) is 0 Å². The van der Waals surface area contributed by atoms with Crippen LogP contribution in [0, 0.1) is 0 Å². The van der Waals surface area contributed by atoms with E-state index in [4.69, 9.17) is 4.42 Å². The summed E-state index contributed by atoms with van der Waals surface area (Å²) >= 11 is 0. The number of sulfone groups is 1. The van der Waals surface area contributed by atoms with E-state index in [-0.39, 0.29) is 23.3 Å². The lowest BCUT2D eigenvalue weighted by Gasteiger charge is -2.02. The van der Waals surface area contributed by atoms with E-state index in [0.717, 1.165) is 19.5 Å². The van der Waals surface area contributed by atoms with Crippen LogP contribution in [0.3, 0.4) is 0 Å². The molecule has 7 heteroatoms. The fourth-order valence-electron chi connectivity index (χ4n) is 2.43. The second kappa shape index (κ2) is 4.06. The number of aromatic nitrogens is 2. The molecule has 2 atom stereocenters. The molecule has 0 aromatic carbocycles. The molecule has 3 rings (SSSR count). The third kappa shape index (κ3) is 2.21. The van der Waals surface area contributed by atoms with Crippen molar-refractivity contribution in [3.63, 3.8) is 0 Å². The summed E-state index contributed by atoms with van der Waals surface area (Å²) in [7, 11) is -2.89. The highest BCUT2D eigenvalue weighted by Crippen LogP contribution is 2.30. The van der Waals surface area contributed by atoms with Crippen LogP contribution in [0.5, 0.6) is 0 Å². The first-order valence-electron chi connectivity index (χ1n) is 5.88. The maximum Gasteiger partial charge on any atom is 0.220 e. The van der Waals surface area contributed by atoms with Gasteiger partial charge >= 0.3 is 0 Å². The highest BCUT2D eigenvalue weighted by molar-refractivity contribution is 7.91. The summed E-state index contributed by atoms with van der Waals surface area (Å²) in [6, 6.07) is 0. The average molecular weight is 257 g/mol. The van der Waals surface area contributed by atoms with Gasteiger partial charge in [-0.1, -0.05) is 0 Å². The minimum Gasteiger partial charge on any atom is -0.425 e. The van der Waals surface area contributed by atoms with Crippen molar-refractivity contribution in [2.24, 2.45) is 0 Å². The zero-order valence-electron chi connectivity index (χ0n) is 9.42. The van der Waals surface area contributed by atoms with Gasteiger partial charge in [-0.05, 0) is 19.4 Å². The molecule has 2 aliphatic heterocycles.